The average molecular weight is 397 g/mol. The van der Waals surface area contributed by atoms with E-state index in [0.29, 0.717) is 30.1 Å². The van der Waals surface area contributed by atoms with Gasteiger partial charge < -0.3 is 14.2 Å². The summed E-state index contributed by atoms with van der Waals surface area (Å²) in [7, 11) is 1.60. The minimum absolute atomic E-state index is 0.0458. The lowest BCUT2D eigenvalue weighted by Gasteiger charge is -2.35. The first kappa shape index (κ1) is 19.8. The number of Topliss-reactive ketones (excluding diaryl/α,β-unsaturated/α-hetero) is 1. The van der Waals surface area contributed by atoms with Gasteiger partial charge in [0.05, 0.1) is 13.2 Å². The highest BCUT2D eigenvalue weighted by atomic mass is 16.6. The second kappa shape index (κ2) is 8.49. The maximum Gasteiger partial charge on any atom is 0.315 e. The minimum atomic E-state index is -0.645. The van der Waals surface area contributed by atoms with Crippen LogP contribution in [0.1, 0.15) is 50.5 Å². The fourth-order valence-corrected chi connectivity index (χ4v) is 4.61. The highest BCUT2D eigenvalue weighted by Crippen LogP contribution is 2.46. The van der Waals surface area contributed by atoms with Crippen LogP contribution in [0.2, 0.25) is 0 Å². The van der Waals surface area contributed by atoms with Crippen LogP contribution in [-0.2, 0) is 19.1 Å². The molecule has 154 valence electrons. The molecular formula is C23H27NO5. The van der Waals surface area contributed by atoms with Gasteiger partial charge in [0.2, 0.25) is 0 Å². The number of aliphatic imine (C=N–C) groups is 1. The first-order valence-corrected chi connectivity index (χ1v) is 10.3. The normalized spacial score (nSPS) is 26.8. The van der Waals surface area contributed by atoms with Crippen molar-refractivity contribution in [1.82, 2.24) is 0 Å². The zero-order chi connectivity index (χ0) is 20.4. The molecule has 29 heavy (non-hydrogen) atoms. The lowest BCUT2D eigenvalue weighted by Crippen LogP contribution is -2.38. The predicted molar refractivity (Wildman–Crippen MR) is 108 cm³/mol. The van der Waals surface area contributed by atoms with Gasteiger partial charge in [0.1, 0.15) is 18.3 Å². The van der Waals surface area contributed by atoms with Crippen LogP contribution in [0.5, 0.6) is 5.75 Å². The molecule has 0 amide bonds. The van der Waals surface area contributed by atoms with E-state index in [0.717, 1.165) is 36.9 Å². The van der Waals surface area contributed by atoms with E-state index in [1.165, 1.54) is 0 Å². The van der Waals surface area contributed by atoms with Gasteiger partial charge in [0.25, 0.3) is 0 Å². The van der Waals surface area contributed by atoms with E-state index < -0.39 is 11.8 Å². The molecule has 3 aliphatic rings. The molecule has 6 heteroatoms. The first-order chi connectivity index (χ1) is 14.1. The van der Waals surface area contributed by atoms with Crippen molar-refractivity contribution in [3.05, 3.63) is 41.1 Å². The van der Waals surface area contributed by atoms with E-state index in [1.54, 1.807) is 7.11 Å². The van der Waals surface area contributed by atoms with Gasteiger partial charge in [-0.1, -0.05) is 18.2 Å². The number of para-hydroxylation sites is 1. The summed E-state index contributed by atoms with van der Waals surface area (Å²) < 4.78 is 16.8. The summed E-state index contributed by atoms with van der Waals surface area (Å²) in [6, 6.07) is 7.57. The molecule has 1 unspecified atom stereocenters. The summed E-state index contributed by atoms with van der Waals surface area (Å²) in [5, 5.41) is 0. The van der Waals surface area contributed by atoms with Gasteiger partial charge in [0.15, 0.2) is 5.78 Å². The summed E-state index contributed by atoms with van der Waals surface area (Å²) in [5.74, 6) is -0.718. The summed E-state index contributed by atoms with van der Waals surface area (Å²) in [6.07, 6.45) is 3.87. The smallest absolute Gasteiger partial charge is 0.315 e. The van der Waals surface area contributed by atoms with Crippen molar-refractivity contribution in [2.75, 3.05) is 20.3 Å². The van der Waals surface area contributed by atoms with Crippen molar-refractivity contribution in [1.29, 1.82) is 0 Å². The quantitative estimate of drug-likeness (QED) is 0.710. The van der Waals surface area contributed by atoms with Crippen LogP contribution < -0.4 is 4.74 Å². The van der Waals surface area contributed by atoms with Crippen LogP contribution in [0.4, 0.5) is 0 Å². The molecule has 3 atom stereocenters. The number of ether oxygens (including phenoxy) is 3. The predicted octanol–water partition coefficient (Wildman–Crippen LogP) is 3.60. The van der Waals surface area contributed by atoms with Crippen molar-refractivity contribution in [2.45, 2.75) is 51.0 Å². The first-order valence-electron chi connectivity index (χ1n) is 10.3. The molecule has 2 aliphatic heterocycles. The monoisotopic (exact) mass is 397 g/mol. The maximum absolute atomic E-state index is 13.2. The topological polar surface area (TPSA) is 74.2 Å². The van der Waals surface area contributed by atoms with E-state index in [9.17, 15) is 9.59 Å². The molecule has 4 rings (SSSR count). The van der Waals surface area contributed by atoms with Gasteiger partial charge in [-0.3, -0.25) is 14.6 Å². The second-order valence-electron chi connectivity index (χ2n) is 7.85. The Hall–Kier alpha value is -2.47. The summed E-state index contributed by atoms with van der Waals surface area (Å²) in [6.45, 7) is 2.80. The number of ketones is 1. The molecule has 0 spiro atoms. The van der Waals surface area contributed by atoms with Gasteiger partial charge in [-0.2, -0.15) is 0 Å². The summed E-state index contributed by atoms with van der Waals surface area (Å²) in [5.41, 5.74) is 2.96. The number of allylic oxidation sites excluding steroid dienone is 2. The average Bonchev–Trinajstić information content (AvgIpc) is 3.25. The zero-order valence-corrected chi connectivity index (χ0v) is 17.0. The minimum Gasteiger partial charge on any atom is -0.496 e. The van der Waals surface area contributed by atoms with E-state index >= 15 is 0 Å². The van der Waals surface area contributed by atoms with Crippen molar-refractivity contribution >= 4 is 17.5 Å². The van der Waals surface area contributed by atoms with E-state index in [1.807, 2.05) is 31.2 Å². The van der Waals surface area contributed by atoms with Crippen molar-refractivity contribution in [2.24, 2.45) is 10.9 Å². The number of carbonyl (C=O) groups excluding carboxylic acids is 2. The molecule has 0 radical (unpaired) electrons. The molecule has 0 saturated carbocycles. The molecular weight excluding hydrogens is 370 g/mol. The largest absolute Gasteiger partial charge is 0.496 e. The van der Waals surface area contributed by atoms with Crippen LogP contribution >= 0.6 is 0 Å². The van der Waals surface area contributed by atoms with Gasteiger partial charge in [-0.15, -0.1) is 0 Å². The Labute approximate surface area is 170 Å². The number of benzene rings is 1. The lowest BCUT2D eigenvalue weighted by atomic mass is 9.71. The Morgan fingerprint density at radius 1 is 1.24 bits per heavy atom. The fraction of sp³-hybridized carbons (Fsp3) is 0.522. The van der Waals surface area contributed by atoms with Crippen LogP contribution in [0.3, 0.4) is 0 Å². The molecule has 1 fully saturated rings. The third-order valence-corrected chi connectivity index (χ3v) is 6.00. The number of hydrogen-bond donors (Lipinski definition) is 0. The van der Waals surface area contributed by atoms with E-state index in [4.69, 9.17) is 14.2 Å². The van der Waals surface area contributed by atoms with Gasteiger partial charge in [0, 0.05) is 41.5 Å². The summed E-state index contributed by atoms with van der Waals surface area (Å²) >= 11 is 0. The molecule has 6 nitrogen and oxygen atoms in total. The Morgan fingerprint density at radius 2 is 2.07 bits per heavy atom. The fourth-order valence-electron chi connectivity index (χ4n) is 4.61. The number of rotatable bonds is 5. The van der Waals surface area contributed by atoms with Gasteiger partial charge in [-0.05, 0) is 38.7 Å². The molecule has 1 aromatic carbocycles. The number of carbonyl (C=O) groups is 2. The van der Waals surface area contributed by atoms with E-state index in [2.05, 4.69) is 4.99 Å². The number of nitrogens with zero attached hydrogens (tertiary/aromatic N) is 1. The second-order valence-corrected chi connectivity index (χ2v) is 7.85. The van der Waals surface area contributed by atoms with Gasteiger partial charge >= 0.3 is 5.97 Å². The zero-order valence-electron chi connectivity index (χ0n) is 17.0. The maximum atomic E-state index is 13.2. The molecule has 1 aliphatic carbocycles. The Kier molecular flexibility index (Phi) is 5.81. The van der Waals surface area contributed by atoms with Crippen LogP contribution in [0.15, 0.2) is 40.5 Å². The molecule has 1 saturated heterocycles. The molecule has 1 aromatic rings. The molecule has 0 bridgehead atoms. The Bertz CT molecular complexity index is 866. The molecule has 0 N–H and O–H groups in total. The number of hydrogen-bond acceptors (Lipinski definition) is 6. The Morgan fingerprint density at radius 3 is 2.83 bits per heavy atom. The Balaban J connectivity index is 1.72. The molecule has 0 aromatic heterocycles. The van der Waals surface area contributed by atoms with Crippen LogP contribution in [0.25, 0.3) is 0 Å². The van der Waals surface area contributed by atoms with Crippen molar-refractivity contribution < 1.29 is 23.8 Å². The third kappa shape index (κ3) is 3.86. The molecule has 2 heterocycles. The number of methoxy groups -OCH3 is 1. The van der Waals surface area contributed by atoms with Crippen LogP contribution in [-0.4, -0.2) is 43.9 Å². The van der Waals surface area contributed by atoms with Gasteiger partial charge in [-0.25, -0.2) is 0 Å². The number of esters is 1. The van der Waals surface area contributed by atoms with E-state index in [-0.39, 0.29) is 24.5 Å². The highest BCUT2D eigenvalue weighted by Gasteiger charge is 2.44. The lowest BCUT2D eigenvalue weighted by molar-refractivity contribution is -0.149. The van der Waals surface area contributed by atoms with Crippen molar-refractivity contribution in [3.8, 4) is 5.75 Å². The summed E-state index contributed by atoms with van der Waals surface area (Å²) in [4.78, 5) is 30.8. The third-order valence-electron chi connectivity index (χ3n) is 6.00. The van der Waals surface area contributed by atoms with Crippen molar-refractivity contribution in [3.63, 3.8) is 0 Å². The highest BCUT2D eigenvalue weighted by molar-refractivity contribution is 6.09. The standard InChI is InChI=1S/C23H27NO5/c1-14-20(23(26)29-13-15-7-6-12-28-15)21(16-8-3-4-11-19(16)27-2)22-17(24-14)9-5-10-18(22)25/h3-4,8,11,15,20-21H,5-7,9-10,12-13H2,1-2H3/t15-,20?,21-/m0/s1. The van der Waals surface area contributed by atoms with Crippen LogP contribution in [0, 0.1) is 5.92 Å². The SMILES string of the molecule is COc1ccccc1[C@@H]1C2=C(CCCC2=O)N=C(C)C1C(=O)OC[C@@H]1CCCO1.